The van der Waals surface area contributed by atoms with Gasteiger partial charge in [0, 0.05) is 0 Å². The summed E-state index contributed by atoms with van der Waals surface area (Å²) in [5.74, 6) is 0. The molecule has 0 aliphatic rings. The van der Waals surface area contributed by atoms with E-state index in [1.54, 1.807) is 0 Å². The number of rotatable bonds is 4. The number of hydrogen-bond donors (Lipinski definition) is 0. The van der Waals surface area contributed by atoms with E-state index in [4.69, 9.17) is 0 Å². The predicted octanol–water partition coefficient (Wildman–Crippen LogP) is 2.95. The standard InChI is InChI=1S/C13H24NSi2.Li/c1-15(2,3)14(16(4,5)6)12-13-10-8-7-9-11-13;/h8-11H,12H2,1-6H3;. The van der Waals surface area contributed by atoms with E-state index in [1.807, 2.05) is 0 Å². The van der Waals surface area contributed by atoms with Gasteiger partial charge in [-0.25, -0.2) is 0 Å². The summed E-state index contributed by atoms with van der Waals surface area (Å²) in [6.07, 6.45) is 0. The fourth-order valence-electron chi connectivity index (χ4n) is 2.36. The van der Waals surface area contributed by atoms with Crippen LogP contribution in [-0.4, -0.2) is 38.4 Å². The van der Waals surface area contributed by atoms with E-state index in [-0.39, 0.29) is 0 Å². The third kappa shape index (κ3) is 4.77. The van der Waals surface area contributed by atoms with Crippen LogP contribution in [0.5, 0.6) is 0 Å². The Morgan fingerprint density at radius 2 is 1.29 bits per heavy atom. The minimum absolute atomic E-state index is 1.13. The normalized spacial score (nSPS) is 13.2. The van der Waals surface area contributed by atoms with Gasteiger partial charge in [0.1, 0.15) is 0 Å². The van der Waals surface area contributed by atoms with Crippen molar-refractivity contribution in [2.75, 3.05) is 0 Å². The van der Waals surface area contributed by atoms with Crippen LogP contribution in [-0.2, 0) is 6.54 Å². The molecule has 0 bridgehead atoms. The zero-order valence-electron chi connectivity index (χ0n) is 12.5. The summed E-state index contributed by atoms with van der Waals surface area (Å²) in [4.78, 5) is 0. The van der Waals surface area contributed by atoms with E-state index in [0.717, 1.165) is 6.54 Å². The van der Waals surface area contributed by atoms with Gasteiger partial charge in [-0.1, -0.05) is 0 Å². The Bertz CT molecular complexity index is 348. The first-order valence-corrected chi connectivity index (χ1v) is 13.3. The van der Waals surface area contributed by atoms with Gasteiger partial charge >= 0.3 is 118 Å². The van der Waals surface area contributed by atoms with E-state index in [1.165, 1.54) is 9.80 Å². The van der Waals surface area contributed by atoms with Gasteiger partial charge in [-0.05, 0) is 0 Å². The first-order chi connectivity index (χ1) is 7.60. The quantitative estimate of drug-likeness (QED) is 0.750. The van der Waals surface area contributed by atoms with Gasteiger partial charge in [0.2, 0.25) is 0 Å². The Labute approximate surface area is 118 Å². The molecule has 0 atom stereocenters. The molecule has 0 saturated heterocycles. The molecule has 0 radical (unpaired) electrons. The molecule has 0 aromatic heterocycles. The van der Waals surface area contributed by atoms with E-state index in [9.17, 15) is 0 Å². The molecule has 0 aliphatic carbocycles. The maximum atomic E-state index is 2.82. The van der Waals surface area contributed by atoms with Crippen LogP contribution >= 0.6 is 0 Å². The van der Waals surface area contributed by atoms with Crippen LogP contribution in [0.3, 0.4) is 0 Å². The zero-order chi connectivity index (χ0) is 13.3. The van der Waals surface area contributed by atoms with Crippen LogP contribution in [0.25, 0.3) is 0 Å². The van der Waals surface area contributed by atoms with Crippen molar-refractivity contribution >= 4 is 38.4 Å². The van der Waals surface area contributed by atoms with Crippen molar-refractivity contribution in [3.8, 4) is 0 Å². The van der Waals surface area contributed by atoms with E-state index >= 15 is 0 Å². The molecule has 1 nitrogen and oxygen atoms in total. The van der Waals surface area contributed by atoms with Crippen molar-refractivity contribution in [2.45, 2.75) is 45.8 Å². The third-order valence-electron chi connectivity index (χ3n) is 3.08. The van der Waals surface area contributed by atoms with Crippen molar-refractivity contribution in [1.29, 1.82) is 0 Å². The van der Waals surface area contributed by atoms with E-state index in [0.29, 0.717) is 0 Å². The molecule has 17 heavy (non-hydrogen) atoms. The van der Waals surface area contributed by atoms with Gasteiger partial charge in [-0.3, -0.25) is 0 Å². The Hall–Kier alpha value is 0.211. The summed E-state index contributed by atoms with van der Waals surface area (Å²) in [7, 11) is -2.45. The molecule has 0 N–H and O–H groups in total. The van der Waals surface area contributed by atoms with Crippen LogP contribution in [0.1, 0.15) is 5.56 Å². The van der Waals surface area contributed by atoms with Crippen molar-refractivity contribution < 1.29 is 0 Å². The molecule has 0 aliphatic heterocycles. The molecule has 0 amide bonds. The average Bonchev–Trinajstić information content (AvgIpc) is 2.13. The van der Waals surface area contributed by atoms with Crippen molar-refractivity contribution in [3.05, 3.63) is 29.8 Å². The summed E-state index contributed by atoms with van der Waals surface area (Å²) in [5.41, 5.74) is 1.46. The first-order valence-electron chi connectivity index (χ1n) is 6.44. The van der Waals surface area contributed by atoms with Gasteiger partial charge in [-0.15, -0.1) is 0 Å². The van der Waals surface area contributed by atoms with Crippen LogP contribution in [0.4, 0.5) is 0 Å². The maximum absolute atomic E-state index is 2.82. The van der Waals surface area contributed by atoms with Gasteiger partial charge in [-0.2, -0.15) is 0 Å². The second-order valence-electron chi connectivity index (χ2n) is 6.91. The SMILES string of the molecule is [Li][c]1ccc(CN([Si](C)(C)C)[Si](C)(C)C)cc1. The molecular weight excluding hydrogens is 233 g/mol. The van der Waals surface area contributed by atoms with E-state index < -0.39 is 16.5 Å². The van der Waals surface area contributed by atoms with Gasteiger partial charge in [0.05, 0.1) is 0 Å². The van der Waals surface area contributed by atoms with Crippen molar-refractivity contribution in [1.82, 2.24) is 4.23 Å². The van der Waals surface area contributed by atoms with Crippen LogP contribution < -0.4 is 4.24 Å². The monoisotopic (exact) mass is 257 g/mol. The van der Waals surface area contributed by atoms with E-state index in [2.05, 4.69) is 85.5 Å². The molecule has 0 heterocycles. The summed E-state index contributed by atoms with van der Waals surface area (Å²) >= 11 is 2.15. The molecule has 1 aromatic rings. The fraction of sp³-hybridized carbons (Fsp3) is 0.538. The van der Waals surface area contributed by atoms with Gasteiger partial charge in [0.15, 0.2) is 0 Å². The zero-order valence-corrected chi connectivity index (χ0v) is 14.5. The van der Waals surface area contributed by atoms with Gasteiger partial charge < -0.3 is 0 Å². The predicted molar refractivity (Wildman–Crippen MR) is 84.1 cm³/mol. The second-order valence-corrected chi connectivity index (χ2v) is 17.1. The number of benzene rings is 1. The first kappa shape index (κ1) is 15.3. The second kappa shape index (κ2) is 5.46. The molecule has 90 valence electrons. The molecule has 1 rings (SSSR count). The van der Waals surface area contributed by atoms with Crippen LogP contribution in [0.15, 0.2) is 24.3 Å². The Morgan fingerprint density at radius 1 is 0.882 bits per heavy atom. The summed E-state index contributed by atoms with van der Waals surface area (Å²) in [5, 5.41) is 0. The molecule has 4 heteroatoms. The van der Waals surface area contributed by atoms with Crippen molar-refractivity contribution in [3.63, 3.8) is 0 Å². The van der Waals surface area contributed by atoms with Crippen molar-refractivity contribution in [2.24, 2.45) is 0 Å². The average molecular weight is 257 g/mol. The summed E-state index contributed by atoms with van der Waals surface area (Å²) in [6, 6.07) is 9.01. The molecule has 0 saturated carbocycles. The minimum atomic E-state index is -1.22. The number of hydrogen-bond acceptors (Lipinski definition) is 1. The Morgan fingerprint density at radius 3 is 1.65 bits per heavy atom. The van der Waals surface area contributed by atoms with Crippen LogP contribution in [0.2, 0.25) is 39.3 Å². The molecule has 0 unspecified atom stereocenters. The molecular formula is C13H24LiNSi2. The van der Waals surface area contributed by atoms with Gasteiger partial charge in [0.25, 0.3) is 0 Å². The molecule has 0 fully saturated rings. The van der Waals surface area contributed by atoms with Crippen LogP contribution in [0, 0.1) is 0 Å². The molecule has 1 aromatic carbocycles. The summed E-state index contributed by atoms with van der Waals surface area (Å²) < 4.78 is 4.17. The third-order valence-corrected chi connectivity index (χ3v) is 10.7. The Balaban J connectivity index is 2.92. The number of nitrogens with zero attached hydrogens (tertiary/aromatic N) is 1. The topological polar surface area (TPSA) is 3.24 Å². The molecule has 0 spiro atoms. The Kier molecular flexibility index (Phi) is 4.90. The summed E-state index contributed by atoms with van der Waals surface area (Å²) in [6.45, 7) is 15.9. The fourth-order valence-corrected chi connectivity index (χ4v) is 11.7.